The number of hydrogen-bond acceptors (Lipinski definition) is 4. The summed E-state index contributed by atoms with van der Waals surface area (Å²) in [5.74, 6) is 0.173. The van der Waals surface area contributed by atoms with Gasteiger partial charge in [-0.25, -0.2) is 4.79 Å². The third kappa shape index (κ3) is 3.32. The van der Waals surface area contributed by atoms with Crippen LogP contribution in [-0.4, -0.2) is 44.5 Å². The molecule has 0 unspecified atom stereocenters. The summed E-state index contributed by atoms with van der Waals surface area (Å²) in [7, 11) is 0. The molecule has 2 N–H and O–H groups in total. The Balaban J connectivity index is 1.91. The fourth-order valence-corrected chi connectivity index (χ4v) is 3.51. The molecule has 0 fully saturated rings. The highest BCUT2D eigenvalue weighted by Gasteiger charge is 2.26. The maximum Gasteiger partial charge on any atom is 0.410 e. The lowest BCUT2D eigenvalue weighted by Crippen LogP contribution is -2.38. The van der Waals surface area contributed by atoms with Gasteiger partial charge in [0.1, 0.15) is 5.60 Å². The van der Waals surface area contributed by atoms with Crippen LogP contribution in [-0.2, 0) is 17.6 Å². The van der Waals surface area contributed by atoms with Crippen molar-refractivity contribution in [2.24, 2.45) is 0 Å². The van der Waals surface area contributed by atoms with Crippen LogP contribution in [0.5, 0.6) is 11.8 Å². The molecule has 6 nitrogen and oxygen atoms in total. The first-order valence-electron chi connectivity index (χ1n) is 9.14. The summed E-state index contributed by atoms with van der Waals surface area (Å²) in [6.45, 7) is 10.6. The average Bonchev–Trinajstić information content (AvgIpc) is 2.68. The van der Waals surface area contributed by atoms with E-state index in [0.717, 1.165) is 11.1 Å². The zero-order chi connectivity index (χ0) is 19.2. The van der Waals surface area contributed by atoms with Gasteiger partial charge in [0.15, 0.2) is 0 Å². The number of ether oxygens (including phenoxy) is 1. The summed E-state index contributed by atoms with van der Waals surface area (Å²) >= 11 is 0. The molecule has 2 aromatic rings. The molecular weight excluding hydrogens is 332 g/mol. The van der Waals surface area contributed by atoms with E-state index in [1.807, 2.05) is 46.8 Å². The number of benzene rings is 1. The van der Waals surface area contributed by atoms with Gasteiger partial charge in [-0.05, 0) is 70.7 Å². The van der Waals surface area contributed by atoms with Crippen molar-refractivity contribution in [2.75, 3.05) is 13.1 Å². The van der Waals surface area contributed by atoms with Crippen molar-refractivity contribution >= 4 is 16.9 Å². The van der Waals surface area contributed by atoms with Crippen LogP contribution in [0, 0.1) is 0 Å². The Morgan fingerprint density at radius 2 is 1.50 bits per heavy atom. The zero-order valence-corrected chi connectivity index (χ0v) is 16.2. The first-order valence-corrected chi connectivity index (χ1v) is 9.14. The second kappa shape index (κ2) is 6.41. The van der Waals surface area contributed by atoms with E-state index in [1.54, 1.807) is 4.90 Å². The summed E-state index contributed by atoms with van der Waals surface area (Å²) in [5, 5.41) is 22.3. The van der Waals surface area contributed by atoms with E-state index in [4.69, 9.17) is 4.74 Å². The SMILES string of the molecule is CC(C)n1c(O)c2cc3c(cc2c1O)CCN(C(=O)OC(C)(C)C)CC3. The normalized spacial score (nSPS) is 15.2. The summed E-state index contributed by atoms with van der Waals surface area (Å²) in [6.07, 6.45) is 1.09. The minimum absolute atomic E-state index is 0.0372. The van der Waals surface area contributed by atoms with Gasteiger partial charge < -0.3 is 19.8 Å². The van der Waals surface area contributed by atoms with Crippen LogP contribution in [0.2, 0.25) is 0 Å². The molecular formula is C20H28N2O4. The second-order valence-corrected chi connectivity index (χ2v) is 8.24. The van der Waals surface area contributed by atoms with E-state index in [2.05, 4.69) is 0 Å². The highest BCUT2D eigenvalue weighted by molar-refractivity contribution is 5.94. The Morgan fingerprint density at radius 3 is 1.88 bits per heavy atom. The minimum Gasteiger partial charge on any atom is -0.494 e. The molecule has 1 aromatic carbocycles. The summed E-state index contributed by atoms with van der Waals surface area (Å²) in [6, 6.07) is 3.85. The van der Waals surface area contributed by atoms with Crippen molar-refractivity contribution < 1.29 is 19.7 Å². The molecule has 0 saturated carbocycles. The molecule has 0 atom stereocenters. The van der Waals surface area contributed by atoms with Gasteiger partial charge in [-0.3, -0.25) is 4.57 Å². The molecule has 3 rings (SSSR count). The Hall–Kier alpha value is -2.37. The molecule has 0 spiro atoms. The van der Waals surface area contributed by atoms with Gasteiger partial charge in [0, 0.05) is 29.9 Å². The van der Waals surface area contributed by atoms with E-state index in [1.165, 1.54) is 4.57 Å². The highest BCUT2D eigenvalue weighted by Crippen LogP contribution is 2.40. The molecule has 0 radical (unpaired) electrons. The molecule has 142 valence electrons. The number of carbonyl (C=O) groups is 1. The number of nitrogens with zero attached hydrogens (tertiary/aromatic N) is 2. The number of hydrogen-bond donors (Lipinski definition) is 2. The summed E-state index contributed by atoms with van der Waals surface area (Å²) in [4.78, 5) is 14.1. The van der Waals surface area contributed by atoms with Gasteiger partial charge in [0.2, 0.25) is 11.8 Å². The number of aromatic nitrogens is 1. The predicted octanol–water partition coefficient (Wildman–Crippen LogP) is 3.97. The fraction of sp³-hybridized carbons (Fsp3) is 0.550. The summed E-state index contributed by atoms with van der Waals surface area (Å²) in [5.41, 5.74) is 1.68. The van der Waals surface area contributed by atoms with Gasteiger partial charge in [0.25, 0.3) is 0 Å². The number of aromatic hydroxyl groups is 2. The van der Waals surface area contributed by atoms with E-state index >= 15 is 0 Å². The Labute approximate surface area is 154 Å². The smallest absolute Gasteiger partial charge is 0.410 e. The second-order valence-electron chi connectivity index (χ2n) is 8.24. The number of rotatable bonds is 1. The lowest BCUT2D eigenvalue weighted by atomic mass is 9.99. The third-order valence-electron chi connectivity index (χ3n) is 4.75. The Morgan fingerprint density at radius 1 is 1.04 bits per heavy atom. The number of amides is 1. The third-order valence-corrected chi connectivity index (χ3v) is 4.75. The van der Waals surface area contributed by atoms with Crippen molar-refractivity contribution in [1.82, 2.24) is 9.47 Å². The van der Waals surface area contributed by atoms with Crippen LogP contribution in [0.25, 0.3) is 10.8 Å². The fourth-order valence-electron chi connectivity index (χ4n) is 3.51. The van der Waals surface area contributed by atoms with Crippen molar-refractivity contribution in [3.8, 4) is 11.8 Å². The Kier molecular flexibility index (Phi) is 4.54. The molecule has 1 aliphatic rings. The van der Waals surface area contributed by atoms with Crippen LogP contribution in [0.4, 0.5) is 4.79 Å². The largest absolute Gasteiger partial charge is 0.494 e. The first-order chi connectivity index (χ1) is 12.1. The van der Waals surface area contributed by atoms with Crippen LogP contribution >= 0.6 is 0 Å². The topological polar surface area (TPSA) is 74.9 Å². The van der Waals surface area contributed by atoms with E-state index in [-0.39, 0.29) is 23.9 Å². The van der Waals surface area contributed by atoms with Crippen molar-refractivity contribution in [3.05, 3.63) is 23.3 Å². The molecule has 26 heavy (non-hydrogen) atoms. The van der Waals surface area contributed by atoms with E-state index in [9.17, 15) is 15.0 Å². The quantitative estimate of drug-likeness (QED) is 0.807. The molecule has 0 aliphatic carbocycles. The lowest BCUT2D eigenvalue weighted by molar-refractivity contribution is 0.0258. The summed E-state index contributed by atoms with van der Waals surface area (Å²) < 4.78 is 7.02. The minimum atomic E-state index is -0.515. The molecule has 1 aliphatic heterocycles. The average molecular weight is 360 g/mol. The highest BCUT2D eigenvalue weighted by atomic mass is 16.6. The van der Waals surface area contributed by atoms with Gasteiger partial charge in [0.05, 0.1) is 0 Å². The lowest BCUT2D eigenvalue weighted by Gasteiger charge is -2.26. The van der Waals surface area contributed by atoms with Gasteiger partial charge >= 0.3 is 6.09 Å². The monoisotopic (exact) mass is 360 g/mol. The van der Waals surface area contributed by atoms with Crippen molar-refractivity contribution in [3.63, 3.8) is 0 Å². The molecule has 6 heteroatoms. The van der Waals surface area contributed by atoms with Crippen LogP contribution in [0.15, 0.2) is 12.1 Å². The van der Waals surface area contributed by atoms with Crippen LogP contribution < -0.4 is 0 Å². The molecule has 2 heterocycles. The number of carbonyl (C=O) groups excluding carboxylic acids is 1. The molecule has 1 amide bonds. The molecule has 1 aromatic heterocycles. The first kappa shape index (κ1) is 18.4. The van der Waals surface area contributed by atoms with Crippen LogP contribution in [0.3, 0.4) is 0 Å². The Bertz CT molecular complexity index is 795. The van der Waals surface area contributed by atoms with Crippen LogP contribution in [0.1, 0.15) is 51.8 Å². The molecule has 0 bridgehead atoms. The predicted molar refractivity (Wildman–Crippen MR) is 101 cm³/mol. The van der Waals surface area contributed by atoms with Gasteiger partial charge in [-0.1, -0.05) is 0 Å². The van der Waals surface area contributed by atoms with E-state index in [0.29, 0.717) is 36.7 Å². The zero-order valence-electron chi connectivity index (χ0n) is 16.2. The maximum absolute atomic E-state index is 12.3. The van der Waals surface area contributed by atoms with Crippen molar-refractivity contribution in [2.45, 2.75) is 59.1 Å². The molecule has 0 saturated heterocycles. The van der Waals surface area contributed by atoms with Crippen molar-refractivity contribution in [1.29, 1.82) is 0 Å². The van der Waals surface area contributed by atoms with E-state index < -0.39 is 5.60 Å². The van der Waals surface area contributed by atoms with Gasteiger partial charge in [-0.15, -0.1) is 0 Å². The van der Waals surface area contributed by atoms with Gasteiger partial charge in [-0.2, -0.15) is 0 Å². The standard InChI is InChI=1S/C20H28N2O4/c1-12(2)22-17(23)15-10-13-6-8-21(19(25)26-20(3,4)5)9-7-14(13)11-16(15)18(22)24/h10-12,23-24H,6-9H2,1-5H3. The maximum atomic E-state index is 12.3. The number of fused-ring (bicyclic) bond motifs is 2.